The van der Waals surface area contributed by atoms with Crippen LogP contribution in [0.15, 0.2) is 30.3 Å². The highest BCUT2D eigenvalue weighted by molar-refractivity contribution is 6.03. The van der Waals surface area contributed by atoms with Crippen LogP contribution in [0.3, 0.4) is 0 Å². The van der Waals surface area contributed by atoms with Crippen LogP contribution >= 0.6 is 0 Å². The molecule has 0 aromatic heterocycles. The van der Waals surface area contributed by atoms with E-state index in [-0.39, 0.29) is 17.7 Å². The maximum Gasteiger partial charge on any atom is 0.419 e. The van der Waals surface area contributed by atoms with Crippen molar-refractivity contribution < 1.29 is 36.3 Å². The lowest BCUT2D eigenvalue weighted by Crippen LogP contribution is -2.14. The second-order valence-corrected chi connectivity index (χ2v) is 5.46. The van der Waals surface area contributed by atoms with Crippen molar-refractivity contribution in [3.8, 4) is 0 Å². The quantitative estimate of drug-likeness (QED) is 0.440. The summed E-state index contributed by atoms with van der Waals surface area (Å²) in [4.78, 5) is 23.8. The van der Waals surface area contributed by atoms with Crippen LogP contribution in [-0.4, -0.2) is 18.9 Å². The number of anilines is 2. The largest absolute Gasteiger partial charge is 0.465 e. The number of ether oxygens (including phenoxy) is 1. The van der Waals surface area contributed by atoms with Crippen molar-refractivity contribution in [1.82, 2.24) is 0 Å². The average molecular weight is 387 g/mol. The van der Waals surface area contributed by atoms with Crippen molar-refractivity contribution in [3.63, 3.8) is 0 Å². The van der Waals surface area contributed by atoms with Gasteiger partial charge < -0.3 is 10.1 Å². The Labute approximate surface area is 150 Å². The molecule has 0 amide bonds. The molecule has 2 aromatic carbocycles. The first-order valence-corrected chi connectivity index (χ1v) is 7.67. The number of methoxy groups -OCH3 is 1. The minimum atomic E-state index is -5.01. The Morgan fingerprint density at radius 2 is 1.70 bits per heavy atom. The third-order valence-electron chi connectivity index (χ3n) is 3.69. The van der Waals surface area contributed by atoms with Gasteiger partial charge in [0.05, 0.1) is 23.9 Å². The zero-order chi connectivity index (χ0) is 20.4. The Morgan fingerprint density at radius 1 is 1.04 bits per heavy atom. The normalized spacial score (nSPS) is 11.2. The topological polar surface area (TPSA) is 55.4 Å². The summed E-state index contributed by atoms with van der Waals surface area (Å²) in [5, 5.41) is 2.48. The lowest BCUT2D eigenvalue weighted by Gasteiger charge is -2.17. The molecule has 144 valence electrons. The molecule has 0 radical (unpaired) electrons. The van der Waals surface area contributed by atoms with Gasteiger partial charge >= 0.3 is 12.1 Å². The van der Waals surface area contributed by atoms with E-state index in [1.165, 1.54) is 6.92 Å². The van der Waals surface area contributed by atoms with E-state index in [2.05, 4.69) is 10.1 Å². The minimum Gasteiger partial charge on any atom is -0.465 e. The van der Waals surface area contributed by atoms with Crippen molar-refractivity contribution >= 4 is 23.1 Å². The monoisotopic (exact) mass is 387 g/mol. The maximum absolute atomic E-state index is 13.8. The summed E-state index contributed by atoms with van der Waals surface area (Å²) >= 11 is 0. The molecule has 0 unspecified atom stereocenters. The molecule has 0 aliphatic heterocycles. The van der Waals surface area contributed by atoms with Gasteiger partial charge in [0, 0.05) is 17.7 Å². The Kier molecular flexibility index (Phi) is 5.82. The van der Waals surface area contributed by atoms with Gasteiger partial charge in [-0.2, -0.15) is 13.2 Å². The first kappa shape index (κ1) is 20.3. The van der Waals surface area contributed by atoms with E-state index in [9.17, 15) is 31.5 Å². The fourth-order valence-electron chi connectivity index (χ4n) is 2.36. The number of rotatable bonds is 5. The van der Waals surface area contributed by atoms with E-state index in [1.807, 2.05) is 0 Å². The number of carbonyl (C=O) groups is 2. The predicted molar refractivity (Wildman–Crippen MR) is 87.0 cm³/mol. The lowest BCUT2D eigenvalue weighted by molar-refractivity contribution is -0.139. The molecule has 4 nitrogen and oxygen atoms in total. The van der Waals surface area contributed by atoms with E-state index >= 15 is 0 Å². The summed E-state index contributed by atoms with van der Waals surface area (Å²) in [5.74, 6) is -3.94. The summed E-state index contributed by atoms with van der Waals surface area (Å²) in [5.41, 5.74) is -2.71. The Bertz CT molecular complexity index is 893. The van der Waals surface area contributed by atoms with Crippen molar-refractivity contribution in [3.05, 3.63) is 58.7 Å². The number of hydrogen-bond donors (Lipinski definition) is 1. The number of Topliss-reactive ketones (excluding diaryl/α,β-unsaturated/α-hetero) is 1. The molecule has 0 saturated heterocycles. The highest BCUT2D eigenvalue weighted by Gasteiger charge is 2.36. The lowest BCUT2D eigenvalue weighted by atomic mass is 10.0. The molecule has 1 N–H and O–H groups in total. The Hall–Kier alpha value is -2.97. The van der Waals surface area contributed by atoms with Gasteiger partial charge in [0.1, 0.15) is 11.6 Å². The van der Waals surface area contributed by atoms with Gasteiger partial charge in [-0.15, -0.1) is 0 Å². The summed E-state index contributed by atoms with van der Waals surface area (Å²) in [6.07, 6.45) is -5.00. The molecule has 2 aromatic rings. The van der Waals surface area contributed by atoms with Gasteiger partial charge in [0.2, 0.25) is 0 Å². The fraction of sp³-hybridized carbons (Fsp3) is 0.222. The van der Waals surface area contributed by atoms with E-state index in [1.54, 1.807) is 0 Å². The molecule has 2 rings (SSSR count). The molecule has 0 fully saturated rings. The number of alkyl halides is 3. The number of hydrogen-bond acceptors (Lipinski definition) is 4. The number of ketones is 1. The molecule has 0 heterocycles. The van der Waals surface area contributed by atoms with E-state index in [4.69, 9.17) is 0 Å². The smallest absolute Gasteiger partial charge is 0.419 e. The van der Waals surface area contributed by atoms with Gasteiger partial charge in [-0.3, -0.25) is 4.79 Å². The fourth-order valence-corrected chi connectivity index (χ4v) is 2.36. The van der Waals surface area contributed by atoms with Gasteiger partial charge in [-0.1, -0.05) is 6.92 Å². The average Bonchev–Trinajstić information content (AvgIpc) is 2.61. The first-order valence-electron chi connectivity index (χ1n) is 7.67. The molecule has 0 spiro atoms. The number of esters is 1. The minimum absolute atomic E-state index is 0.0131. The zero-order valence-electron chi connectivity index (χ0n) is 14.2. The Balaban J connectivity index is 2.64. The SMILES string of the molecule is CCC(=O)c1cc(F)ccc1Nc1cc(C(F)(F)F)c(F)cc1C(=O)OC. The molecular weight excluding hydrogens is 373 g/mol. The van der Waals surface area contributed by atoms with Gasteiger partial charge in [0.15, 0.2) is 5.78 Å². The van der Waals surface area contributed by atoms with Crippen molar-refractivity contribution in [1.29, 1.82) is 0 Å². The van der Waals surface area contributed by atoms with Crippen molar-refractivity contribution in [2.75, 3.05) is 12.4 Å². The van der Waals surface area contributed by atoms with E-state index in [0.717, 1.165) is 25.3 Å². The van der Waals surface area contributed by atoms with Crippen LogP contribution in [0.5, 0.6) is 0 Å². The van der Waals surface area contributed by atoms with Gasteiger partial charge in [-0.25, -0.2) is 13.6 Å². The van der Waals surface area contributed by atoms with Crippen LogP contribution in [0.1, 0.15) is 39.6 Å². The molecule has 0 aliphatic rings. The maximum atomic E-state index is 13.8. The summed E-state index contributed by atoms with van der Waals surface area (Å²) in [6.45, 7) is 1.52. The van der Waals surface area contributed by atoms with E-state index < -0.39 is 46.4 Å². The number of halogens is 5. The highest BCUT2D eigenvalue weighted by atomic mass is 19.4. The van der Waals surface area contributed by atoms with Gasteiger partial charge in [-0.05, 0) is 30.3 Å². The standard InChI is InChI=1S/C18H14F5NO3/c1-3-16(25)10-6-9(19)4-5-14(10)24-15-8-12(18(21,22)23)13(20)7-11(15)17(26)27-2/h4-8,24H,3H2,1-2H3. The van der Waals surface area contributed by atoms with Crippen LogP contribution < -0.4 is 5.32 Å². The van der Waals surface area contributed by atoms with Crippen molar-refractivity contribution in [2.45, 2.75) is 19.5 Å². The molecule has 9 heteroatoms. The number of nitrogens with one attached hydrogen (secondary N) is 1. The number of benzene rings is 2. The summed E-state index contributed by atoms with van der Waals surface area (Å²) < 4.78 is 70.8. The molecular formula is C18H14F5NO3. The van der Waals surface area contributed by atoms with Gasteiger partial charge in [0.25, 0.3) is 0 Å². The van der Waals surface area contributed by atoms with Crippen LogP contribution in [0, 0.1) is 11.6 Å². The molecule has 0 atom stereocenters. The Morgan fingerprint density at radius 3 is 2.26 bits per heavy atom. The predicted octanol–water partition coefficient (Wildman–Crippen LogP) is 5.11. The molecule has 0 bridgehead atoms. The number of carbonyl (C=O) groups excluding carboxylic acids is 2. The second kappa shape index (κ2) is 7.73. The first-order chi connectivity index (χ1) is 12.6. The third-order valence-corrected chi connectivity index (χ3v) is 3.69. The zero-order valence-corrected chi connectivity index (χ0v) is 14.2. The van der Waals surface area contributed by atoms with Crippen LogP contribution in [-0.2, 0) is 10.9 Å². The summed E-state index contributed by atoms with van der Waals surface area (Å²) in [7, 11) is 0.978. The second-order valence-electron chi connectivity index (χ2n) is 5.46. The van der Waals surface area contributed by atoms with Crippen molar-refractivity contribution in [2.24, 2.45) is 0 Å². The third kappa shape index (κ3) is 4.42. The van der Waals surface area contributed by atoms with E-state index in [0.29, 0.717) is 12.1 Å². The van der Waals surface area contributed by atoms with Crippen LogP contribution in [0.25, 0.3) is 0 Å². The van der Waals surface area contributed by atoms with Crippen LogP contribution in [0.4, 0.5) is 33.3 Å². The van der Waals surface area contributed by atoms with Crippen LogP contribution in [0.2, 0.25) is 0 Å². The molecule has 27 heavy (non-hydrogen) atoms. The summed E-state index contributed by atoms with van der Waals surface area (Å²) in [6, 6.07) is 3.82. The molecule has 0 aliphatic carbocycles. The molecule has 0 saturated carbocycles. The highest BCUT2D eigenvalue weighted by Crippen LogP contribution is 2.36.